The fourth-order valence-corrected chi connectivity index (χ4v) is 4.46. The highest BCUT2D eigenvalue weighted by Gasteiger charge is 2.37. The molecular formula is C30H26O8. The van der Waals surface area contributed by atoms with Gasteiger partial charge in [0.2, 0.25) is 0 Å². The molecule has 0 fully saturated rings. The fraction of sp³-hybridized carbons (Fsp3) is 0.133. The molecule has 8 nitrogen and oxygen atoms in total. The van der Waals surface area contributed by atoms with Crippen molar-refractivity contribution >= 4 is 11.6 Å². The first kappa shape index (κ1) is 26.1. The second-order valence-corrected chi connectivity index (χ2v) is 9.09. The van der Waals surface area contributed by atoms with E-state index in [9.17, 15) is 40.2 Å². The third-order valence-corrected chi connectivity index (χ3v) is 6.44. The minimum Gasteiger partial charge on any atom is -0.508 e. The molecule has 0 aliphatic rings. The number of ketones is 2. The van der Waals surface area contributed by atoms with Crippen LogP contribution in [0.2, 0.25) is 0 Å². The topological polar surface area (TPSA) is 156 Å². The van der Waals surface area contributed by atoms with Crippen molar-refractivity contribution in [2.75, 3.05) is 0 Å². The molecule has 0 spiro atoms. The van der Waals surface area contributed by atoms with E-state index in [-0.39, 0.29) is 47.0 Å². The SMILES string of the molecule is O=C(c1ccc(O)cc1O)[C@@H](Cc1ccc(O)cc1)[C@@H](Cc1ccc(O)cc1)C(=O)c1ccc(O)cc1O. The third kappa shape index (κ3) is 5.87. The van der Waals surface area contributed by atoms with E-state index in [4.69, 9.17) is 0 Å². The zero-order valence-corrected chi connectivity index (χ0v) is 20.2. The van der Waals surface area contributed by atoms with Gasteiger partial charge in [-0.3, -0.25) is 9.59 Å². The lowest BCUT2D eigenvalue weighted by molar-refractivity contribution is 0.0759. The molecule has 0 radical (unpaired) electrons. The van der Waals surface area contributed by atoms with E-state index in [0.29, 0.717) is 11.1 Å². The van der Waals surface area contributed by atoms with Crippen LogP contribution in [-0.4, -0.2) is 42.2 Å². The first-order chi connectivity index (χ1) is 18.1. The largest absolute Gasteiger partial charge is 0.508 e. The molecule has 8 heteroatoms. The summed E-state index contributed by atoms with van der Waals surface area (Å²) >= 11 is 0. The van der Waals surface area contributed by atoms with Gasteiger partial charge in [-0.1, -0.05) is 24.3 Å². The molecule has 0 heterocycles. The van der Waals surface area contributed by atoms with E-state index in [1.54, 1.807) is 24.3 Å². The van der Waals surface area contributed by atoms with Gasteiger partial charge in [0.05, 0.1) is 11.1 Å². The summed E-state index contributed by atoms with van der Waals surface area (Å²) in [4.78, 5) is 27.8. The highest BCUT2D eigenvalue weighted by atomic mass is 16.3. The molecule has 0 unspecified atom stereocenters. The van der Waals surface area contributed by atoms with Crippen molar-refractivity contribution in [2.45, 2.75) is 12.8 Å². The quantitative estimate of drug-likeness (QED) is 0.176. The number of rotatable bonds is 9. The van der Waals surface area contributed by atoms with Crippen LogP contribution in [0, 0.1) is 11.8 Å². The molecule has 4 aromatic rings. The minimum absolute atomic E-state index is 0.0264. The molecule has 0 aliphatic heterocycles. The van der Waals surface area contributed by atoms with E-state index < -0.39 is 34.9 Å². The summed E-state index contributed by atoms with van der Waals surface area (Å²) in [5, 5.41) is 59.8. The molecule has 38 heavy (non-hydrogen) atoms. The van der Waals surface area contributed by atoms with Crippen LogP contribution in [0.3, 0.4) is 0 Å². The van der Waals surface area contributed by atoms with Crippen LogP contribution in [-0.2, 0) is 12.8 Å². The number of carbonyl (C=O) groups is 2. The van der Waals surface area contributed by atoms with Crippen molar-refractivity contribution < 1.29 is 40.2 Å². The number of hydrogen-bond donors (Lipinski definition) is 6. The molecule has 4 aromatic carbocycles. The highest BCUT2D eigenvalue weighted by Crippen LogP contribution is 2.35. The van der Waals surface area contributed by atoms with Crippen LogP contribution < -0.4 is 0 Å². The molecule has 0 aliphatic carbocycles. The molecule has 0 saturated carbocycles. The molecule has 0 amide bonds. The molecule has 0 saturated heterocycles. The third-order valence-electron chi connectivity index (χ3n) is 6.44. The molecule has 6 N–H and O–H groups in total. The Bertz CT molecular complexity index is 1350. The van der Waals surface area contributed by atoms with Gasteiger partial charge in [0.1, 0.15) is 34.5 Å². The average Bonchev–Trinajstić information content (AvgIpc) is 2.87. The van der Waals surface area contributed by atoms with Crippen molar-refractivity contribution in [3.8, 4) is 34.5 Å². The lowest BCUT2D eigenvalue weighted by Crippen LogP contribution is -2.34. The van der Waals surface area contributed by atoms with Crippen molar-refractivity contribution in [1.29, 1.82) is 0 Å². The average molecular weight is 515 g/mol. The summed E-state index contributed by atoms with van der Waals surface area (Å²) in [5.74, 6) is -4.55. The van der Waals surface area contributed by atoms with Crippen LogP contribution in [0.4, 0.5) is 0 Å². The number of phenolic OH excluding ortho intramolecular Hbond substituents is 6. The Hall–Kier alpha value is -4.98. The second-order valence-electron chi connectivity index (χ2n) is 9.09. The molecule has 4 rings (SSSR count). The van der Waals surface area contributed by atoms with Crippen LogP contribution in [0.1, 0.15) is 31.8 Å². The zero-order valence-electron chi connectivity index (χ0n) is 20.2. The van der Waals surface area contributed by atoms with E-state index in [0.717, 1.165) is 12.1 Å². The molecule has 194 valence electrons. The highest BCUT2D eigenvalue weighted by molar-refractivity contribution is 6.07. The Morgan fingerprint density at radius 3 is 1.11 bits per heavy atom. The summed E-state index contributed by atoms with van der Waals surface area (Å²) in [7, 11) is 0. The maximum atomic E-state index is 13.9. The summed E-state index contributed by atoms with van der Waals surface area (Å²) in [6, 6.07) is 19.4. The Kier molecular flexibility index (Phi) is 7.53. The summed E-state index contributed by atoms with van der Waals surface area (Å²) in [6.45, 7) is 0. The standard InChI is InChI=1S/C30H26O8/c31-19-5-1-17(2-6-19)13-25(29(37)23-11-9-21(33)15-27(23)35)26(14-18-3-7-20(32)8-4-18)30(38)24-12-10-22(34)16-28(24)36/h1-12,15-16,25-26,31-36H,13-14H2/t25-,26+. The lowest BCUT2D eigenvalue weighted by Gasteiger charge is -2.26. The zero-order chi connectivity index (χ0) is 27.4. The van der Waals surface area contributed by atoms with Gasteiger partial charge in [-0.2, -0.15) is 0 Å². The van der Waals surface area contributed by atoms with E-state index in [2.05, 4.69) is 0 Å². The van der Waals surface area contributed by atoms with Crippen molar-refractivity contribution in [1.82, 2.24) is 0 Å². The van der Waals surface area contributed by atoms with Crippen LogP contribution in [0.25, 0.3) is 0 Å². The summed E-state index contributed by atoms with van der Waals surface area (Å²) in [5.41, 5.74) is 1.09. The van der Waals surface area contributed by atoms with Gasteiger partial charge in [-0.15, -0.1) is 0 Å². The van der Waals surface area contributed by atoms with Gasteiger partial charge in [-0.05, 0) is 72.5 Å². The molecule has 0 aromatic heterocycles. The predicted molar refractivity (Wildman–Crippen MR) is 139 cm³/mol. The van der Waals surface area contributed by atoms with Crippen molar-refractivity contribution in [2.24, 2.45) is 11.8 Å². The minimum atomic E-state index is -1.05. The molecule has 0 bridgehead atoms. The number of benzene rings is 4. The summed E-state index contributed by atoms with van der Waals surface area (Å²) < 4.78 is 0. The van der Waals surface area contributed by atoms with E-state index >= 15 is 0 Å². The monoisotopic (exact) mass is 514 g/mol. The number of aromatic hydroxyl groups is 6. The van der Waals surface area contributed by atoms with Gasteiger partial charge in [-0.25, -0.2) is 0 Å². The van der Waals surface area contributed by atoms with Crippen LogP contribution >= 0.6 is 0 Å². The number of carbonyl (C=O) groups excluding carboxylic acids is 2. The van der Waals surface area contributed by atoms with Gasteiger partial charge in [0.25, 0.3) is 0 Å². The summed E-state index contributed by atoms with van der Waals surface area (Å²) in [6.07, 6.45) is 0.0968. The lowest BCUT2D eigenvalue weighted by atomic mass is 9.74. The normalized spacial score (nSPS) is 12.5. The number of Topliss-reactive ketones (excluding diaryl/α,β-unsaturated/α-hetero) is 2. The first-order valence-electron chi connectivity index (χ1n) is 11.8. The second kappa shape index (κ2) is 11.0. The van der Waals surface area contributed by atoms with Crippen LogP contribution in [0.15, 0.2) is 84.9 Å². The Morgan fingerprint density at radius 1 is 0.474 bits per heavy atom. The van der Waals surface area contributed by atoms with Crippen molar-refractivity contribution in [3.05, 3.63) is 107 Å². The molecule has 2 atom stereocenters. The molecular weight excluding hydrogens is 488 g/mol. The maximum absolute atomic E-state index is 13.9. The van der Waals surface area contributed by atoms with E-state index in [1.807, 2.05) is 0 Å². The number of phenols is 6. The van der Waals surface area contributed by atoms with Gasteiger partial charge in [0, 0.05) is 24.0 Å². The predicted octanol–water partition coefficient (Wildman–Crippen LogP) is 4.70. The van der Waals surface area contributed by atoms with Crippen LogP contribution in [0.5, 0.6) is 34.5 Å². The first-order valence-corrected chi connectivity index (χ1v) is 11.8. The van der Waals surface area contributed by atoms with E-state index in [1.165, 1.54) is 48.5 Å². The fourth-order valence-electron chi connectivity index (χ4n) is 4.46. The Labute approximate surface area is 218 Å². The van der Waals surface area contributed by atoms with Gasteiger partial charge in [0.15, 0.2) is 11.6 Å². The van der Waals surface area contributed by atoms with Gasteiger partial charge >= 0.3 is 0 Å². The Morgan fingerprint density at radius 2 is 0.789 bits per heavy atom. The van der Waals surface area contributed by atoms with Crippen molar-refractivity contribution in [3.63, 3.8) is 0 Å². The van der Waals surface area contributed by atoms with Gasteiger partial charge < -0.3 is 30.6 Å². The smallest absolute Gasteiger partial charge is 0.170 e. The maximum Gasteiger partial charge on any atom is 0.170 e. The number of hydrogen-bond acceptors (Lipinski definition) is 8. The Balaban J connectivity index is 1.84.